The summed E-state index contributed by atoms with van der Waals surface area (Å²) in [5, 5.41) is 6.57. The van der Waals surface area contributed by atoms with Crippen LogP contribution in [0.25, 0.3) is 0 Å². The first-order valence-corrected chi connectivity index (χ1v) is 10.6. The Hall–Kier alpha value is -2.53. The van der Waals surface area contributed by atoms with Gasteiger partial charge in [-0.05, 0) is 55.7 Å². The van der Waals surface area contributed by atoms with Crippen LogP contribution in [0.2, 0.25) is 5.02 Å². The van der Waals surface area contributed by atoms with E-state index in [1.54, 1.807) is 48.5 Å². The summed E-state index contributed by atoms with van der Waals surface area (Å²) in [5.41, 5.74) is 0.955. The highest BCUT2D eigenvalue weighted by atomic mass is 35.5. The zero-order valence-corrected chi connectivity index (χ0v) is 17.4. The lowest BCUT2D eigenvalue weighted by Gasteiger charge is -2.23. The zero-order valence-electron chi connectivity index (χ0n) is 16.6. The molecule has 2 N–H and O–H groups in total. The van der Waals surface area contributed by atoms with E-state index in [0.717, 1.165) is 25.7 Å². The lowest BCUT2D eigenvalue weighted by atomic mass is 9.95. The van der Waals surface area contributed by atoms with Crippen LogP contribution >= 0.6 is 11.6 Å². The molecule has 2 aromatic carbocycles. The first-order chi connectivity index (χ1) is 14.1. The molecular weight excluding hydrogens is 388 g/mol. The minimum absolute atomic E-state index is 0.153. The molecule has 0 heterocycles. The number of carbonyl (C=O) groups excluding carboxylic acids is 2. The molecule has 6 heteroatoms. The number of hydrogen-bond donors (Lipinski definition) is 2. The lowest BCUT2D eigenvalue weighted by Crippen LogP contribution is -2.37. The highest BCUT2D eigenvalue weighted by Crippen LogP contribution is 2.22. The topological polar surface area (TPSA) is 67.4 Å². The van der Waals surface area contributed by atoms with Crippen LogP contribution in [0.15, 0.2) is 48.5 Å². The van der Waals surface area contributed by atoms with Crippen molar-refractivity contribution in [2.45, 2.75) is 57.6 Å². The molecule has 0 spiro atoms. The molecule has 0 aromatic heterocycles. The molecule has 1 fully saturated rings. The molecule has 1 atom stereocenters. The first-order valence-electron chi connectivity index (χ1n) is 10.2. The number of hydrogen-bond acceptors (Lipinski definition) is 3. The summed E-state index contributed by atoms with van der Waals surface area (Å²) >= 11 is 5.90. The van der Waals surface area contributed by atoms with Gasteiger partial charge < -0.3 is 15.4 Å². The molecule has 29 heavy (non-hydrogen) atoms. The molecule has 0 bridgehead atoms. The van der Waals surface area contributed by atoms with Gasteiger partial charge in [-0.15, -0.1) is 0 Å². The van der Waals surface area contributed by atoms with Gasteiger partial charge in [0.2, 0.25) is 0 Å². The summed E-state index contributed by atoms with van der Waals surface area (Å²) in [6.07, 6.45) is 5.34. The van der Waals surface area contributed by atoms with E-state index in [4.69, 9.17) is 16.3 Å². The van der Waals surface area contributed by atoms with Gasteiger partial charge in [0, 0.05) is 11.1 Å². The summed E-state index contributed by atoms with van der Waals surface area (Å²) in [4.78, 5) is 25.6. The van der Waals surface area contributed by atoms with Gasteiger partial charge >= 0.3 is 0 Å². The third-order valence-electron chi connectivity index (χ3n) is 5.13. The molecular formula is C23H27ClN2O3. The van der Waals surface area contributed by atoms with Gasteiger partial charge in [0.1, 0.15) is 5.75 Å². The maximum atomic E-state index is 12.8. The van der Waals surface area contributed by atoms with Crippen molar-refractivity contribution >= 4 is 29.1 Å². The number of carbonyl (C=O) groups is 2. The van der Waals surface area contributed by atoms with Gasteiger partial charge in [-0.2, -0.15) is 0 Å². The SMILES string of the molecule is CC[C@H](Oc1ccc(Cl)cc1)C(=O)Nc1ccccc1C(=O)NC1CCCCC1. The quantitative estimate of drug-likeness (QED) is 0.654. The molecule has 1 aliphatic rings. The largest absolute Gasteiger partial charge is 0.481 e. The van der Waals surface area contributed by atoms with Crippen LogP contribution in [0.5, 0.6) is 5.75 Å². The second kappa shape index (κ2) is 10.3. The van der Waals surface area contributed by atoms with Gasteiger partial charge in [-0.3, -0.25) is 9.59 Å². The van der Waals surface area contributed by atoms with Crippen molar-refractivity contribution in [1.29, 1.82) is 0 Å². The summed E-state index contributed by atoms with van der Waals surface area (Å²) in [6, 6.07) is 14.2. The summed E-state index contributed by atoms with van der Waals surface area (Å²) in [6.45, 7) is 1.88. The van der Waals surface area contributed by atoms with E-state index in [1.807, 2.05) is 6.92 Å². The van der Waals surface area contributed by atoms with E-state index in [-0.39, 0.29) is 17.9 Å². The van der Waals surface area contributed by atoms with Crippen molar-refractivity contribution in [3.63, 3.8) is 0 Å². The molecule has 5 nitrogen and oxygen atoms in total. The van der Waals surface area contributed by atoms with Crippen molar-refractivity contribution in [3.05, 3.63) is 59.1 Å². The zero-order chi connectivity index (χ0) is 20.6. The Morgan fingerprint density at radius 1 is 1.07 bits per heavy atom. The van der Waals surface area contributed by atoms with Crippen LogP contribution in [0.4, 0.5) is 5.69 Å². The number of amides is 2. The smallest absolute Gasteiger partial charge is 0.265 e. The van der Waals surface area contributed by atoms with Crippen molar-refractivity contribution in [3.8, 4) is 5.75 Å². The fourth-order valence-corrected chi connectivity index (χ4v) is 3.64. The Morgan fingerprint density at radius 2 is 1.76 bits per heavy atom. The van der Waals surface area contributed by atoms with Gasteiger partial charge in [0.05, 0.1) is 11.3 Å². The molecule has 1 saturated carbocycles. The molecule has 0 saturated heterocycles. The average Bonchev–Trinajstić information content (AvgIpc) is 2.74. The Balaban J connectivity index is 1.67. The molecule has 3 rings (SSSR count). The normalized spacial score (nSPS) is 15.4. The van der Waals surface area contributed by atoms with Crippen molar-refractivity contribution in [2.75, 3.05) is 5.32 Å². The van der Waals surface area contributed by atoms with Crippen LogP contribution < -0.4 is 15.4 Å². The molecule has 0 unspecified atom stereocenters. The summed E-state index contributed by atoms with van der Waals surface area (Å²) in [5.74, 6) is 0.125. The van der Waals surface area contributed by atoms with Crippen LogP contribution in [0.3, 0.4) is 0 Å². The number of benzene rings is 2. The highest BCUT2D eigenvalue weighted by molar-refractivity contribution is 6.30. The monoisotopic (exact) mass is 414 g/mol. The average molecular weight is 415 g/mol. The van der Waals surface area contributed by atoms with Crippen LogP contribution in [-0.2, 0) is 4.79 Å². The third-order valence-corrected chi connectivity index (χ3v) is 5.38. The Bertz CT molecular complexity index is 832. The van der Waals surface area contributed by atoms with E-state index >= 15 is 0 Å². The standard InChI is InChI=1S/C23H27ClN2O3/c1-2-21(29-18-14-12-16(24)13-15-18)23(28)26-20-11-7-6-10-19(20)22(27)25-17-8-4-3-5-9-17/h6-7,10-15,17,21H,2-5,8-9H2,1H3,(H,25,27)(H,26,28)/t21-/m0/s1. The number of anilines is 1. The van der Waals surface area contributed by atoms with Crippen molar-refractivity contribution in [1.82, 2.24) is 5.32 Å². The number of halogens is 1. The predicted octanol–water partition coefficient (Wildman–Crippen LogP) is 5.20. The van der Waals surface area contributed by atoms with E-state index in [9.17, 15) is 9.59 Å². The molecule has 2 amide bonds. The van der Waals surface area contributed by atoms with Crippen molar-refractivity contribution < 1.29 is 14.3 Å². The maximum absolute atomic E-state index is 12.8. The number of para-hydroxylation sites is 1. The van der Waals surface area contributed by atoms with Gasteiger partial charge in [-0.1, -0.05) is 49.9 Å². The highest BCUT2D eigenvalue weighted by Gasteiger charge is 2.22. The Morgan fingerprint density at radius 3 is 2.45 bits per heavy atom. The lowest BCUT2D eigenvalue weighted by molar-refractivity contribution is -0.122. The fourth-order valence-electron chi connectivity index (χ4n) is 3.51. The van der Waals surface area contributed by atoms with Crippen LogP contribution in [0, 0.1) is 0 Å². The summed E-state index contributed by atoms with van der Waals surface area (Å²) < 4.78 is 5.80. The Kier molecular flexibility index (Phi) is 7.53. The molecule has 1 aliphatic carbocycles. The van der Waals surface area contributed by atoms with Crippen molar-refractivity contribution in [2.24, 2.45) is 0 Å². The second-order valence-electron chi connectivity index (χ2n) is 7.31. The second-order valence-corrected chi connectivity index (χ2v) is 7.75. The molecule has 0 aliphatic heterocycles. The number of rotatable bonds is 7. The van der Waals surface area contributed by atoms with Gasteiger partial charge in [-0.25, -0.2) is 0 Å². The predicted molar refractivity (Wildman–Crippen MR) is 116 cm³/mol. The number of nitrogens with one attached hydrogen (secondary N) is 2. The number of ether oxygens (including phenoxy) is 1. The molecule has 2 aromatic rings. The van der Waals surface area contributed by atoms with E-state index < -0.39 is 6.10 Å². The van der Waals surface area contributed by atoms with Crippen LogP contribution in [-0.4, -0.2) is 24.0 Å². The molecule has 0 radical (unpaired) electrons. The van der Waals surface area contributed by atoms with Gasteiger partial charge in [0.15, 0.2) is 6.10 Å². The maximum Gasteiger partial charge on any atom is 0.265 e. The molecule has 154 valence electrons. The van der Waals surface area contributed by atoms with Gasteiger partial charge in [0.25, 0.3) is 11.8 Å². The Labute approximate surface area is 176 Å². The first kappa shape index (κ1) is 21.2. The van der Waals surface area contributed by atoms with Crippen LogP contribution in [0.1, 0.15) is 55.8 Å². The van der Waals surface area contributed by atoms with E-state index in [1.165, 1.54) is 6.42 Å². The van der Waals surface area contributed by atoms with E-state index in [2.05, 4.69) is 10.6 Å². The summed E-state index contributed by atoms with van der Waals surface area (Å²) in [7, 11) is 0. The third kappa shape index (κ3) is 5.97. The minimum Gasteiger partial charge on any atom is -0.481 e. The van der Waals surface area contributed by atoms with E-state index in [0.29, 0.717) is 28.4 Å². The fraction of sp³-hybridized carbons (Fsp3) is 0.391. The minimum atomic E-state index is -0.675.